The average Bonchev–Trinajstić information content (AvgIpc) is 2.64. The number of rotatable bonds is 3. The van der Waals surface area contributed by atoms with Crippen molar-refractivity contribution >= 4 is 17.6 Å². The van der Waals surface area contributed by atoms with Crippen molar-refractivity contribution in [1.82, 2.24) is 9.78 Å². The fourth-order valence-electron chi connectivity index (χ4n) is 1.39. The number of carbonyl (C=O) groups is 1. The van der Waals surface area contributed by atoms with E-state index in [0.29, 0.717) is 6.54 Å². The van der Waals surface area contributed by atoms with E-state index in [1.165, 1.54) is 23.0 Å². The van der Waals surface area contributed by atoms with Crippen molar-refractivity contribution < 1.29 is 14.3 Å². The Morgan fingerprint density at radius 2 is 2.06 bits per heavy atom. The Morgan fingerprint density at radius 1 is 1.41 bits per heavy atom. The van der Waals surface area contributed by atoms with Gasteiger partial charge in [0.05, 0.1) is 12.7 Å². The van der Waals surface area contributed by atoms with Gasteiger partial charge in [-0.2, -0.15) is 5.10 Å². The molecule has 0 bridgehead atoms. The summed E-state index contributed by atoms with van der Waals surface area (Å²) in [4.78, 5) is 10.7. The first-order valence-electron chi connectivity index (χ1n) is 4.77. The zero-order valence-corrected chi connectivity index (χ0v) is 9.36. The van der Waals surface area contributed by atoms with Gasteiger partial charge in [-0.05, 0) is 17.7 Å². The first-order valence-corrected chi connectivity index (χ1v) is 5.15. The number of aromatic nitrogens is 2. The highest BCUT2D eigenvalue weighted by molar-refractivity contribution is 6.32. The maximum Gasteiger partial charge on any atom is 0.340 e. The lowest BCUT2D eigenvalue weighted by molar-refractivity contribution is 0.0697. The Kier molecular flexibility index (Phi) is 3.10. The Bertz CT molecular complexity index is 551. The second-order valence-corrected chi connectivity index (χ2v) is 3.80. The van der Waals surface area contributed by atoms with Crippen LogP contribution in [0.4, 0.5) is 4.39 Å². The van der Waals surface area contributed by atoms with Crippen molar-refractivity contribution in [3.8, 4) is 0 Å². The summed E-state index contributed by atoms with van der Waals surface area (Å²) in [7, 11) is 0. The molecule has 2 aromatic rings. The van der Waals surface area contributed by atoms with Crippen molar-refractivity contribution in [1.29, 1.82) is 0 Å². The minimum Gasteiger partial charge on any atom is -0.478 e. The Balaban J connectivity index is 2.24. The molecule has 1 aromatic heterocycles. The highest BCUT2D eigenvalue weighted by Crippen LogP contribution is 2.17. The standard InChI is InChI=1S/C11H8ClFN2O2/c12-10-9(11(16)17)5-14-15(10)6-7-1-3-8(13)4-2-7/h1-5H,6H2,(H,16,17). The molecule has 0 atom stereocenters. The van der Waals surface area contributed by atoms with Crippen LogP contribution in [0.25, 0.3) is 0 Å². The van der Waals surface area contributed by atoms with Crippen molar-refractivity contribution in [3.63, 3.8) is 0 Å². The zero-order chi connectivity index (χ0) is 12.4. The van der Waals surface area contributed by atoms with E-state index in [9.17, 15) is 9.18 Å². The summed E-state index contributed by atoms with van der Waals surface area (Å²) < 4.78 is 14.0. The average molecular weight is 255 g/mol. The van der Waals surface area contributed by atoms with E-state index in [2.05, 4.69) is 5.10 Å². The predicted molar refractivity (Wildman–Crippen MR) is 59.7 cm³/mol. The molecule has 0 amide bonds. The Morgan fingerprint density at radius 3 is 2.59 bits per heavy atom. The Hall–Kier alpha value is -1.88. The van der Waals surface area contributed by atoms with Crippen LogP contribution >= 0.6 is 11.6 Å². The fraction of sp³-hybridized carbons (Fsp3) is 0.0909. The van der Waals surface area contributed by atoms with E-state index in [4.69, 9.17) is 16.7 Å². The maximum atomic E-state index is 12.7. The zero-order valence-electron chi connectivity index (χ0n) is 8.60. The largest absolute Gasteiger partial charge is 0.478 e. The van der Waals surface area contributed by atoms with Gasteiger partial charge in [0.15, 0.2) is 0 Å². The molecular formula is C11H8ClFN2O2. The molecule has 1 N–H and O–H groups in total. The van der Waals surface area contributed by atoms with E-state index in [0.717, 1.165) is 5.56 Å². The quantitative estimate of drug-likeness (QED) is 0.915. The molecule has 0 aliphatic heterocycles. The van der Waals surface area contributed by atoms with Crippen molar-refractivity contribution in [2.75, 3.05) is 0 Å². The van der Waals surface area contributed by atoms with E-state index in [-0.39, 0.29) is 16.5 Å². The van der Waals surface area contributed by atoms with Gasteiger partial charge >= 0.3 is 5.97 Å². The van der Waals surface area contributed by atoms with Gasteiger partial charge in [0, 0.05) is 0 Å². The van der Waals surface area contributed by atoms with Gasteiger partial charge in [0.2, 0.25) is 0 Å². The lowest BCUT2D eigenvalue weighted by Crippen LogP contribution is -2.03. The van der Waals surface area contributed by atoms with Gasteiger partial charge in [-0.15, -0.1) is 0 Å². The second kappa shape index (κ2) is 4.55. The molecule has 0 saturated heterocycles. The number of hydrogen-bond donors (Lipinski definition) is 1. The normalized spacial score (nSPS) is 10.5. The summed E-state index contributed by atoms with van der Waals surface area (Å²) in [6.45, 7) is 0.298. The minimum absolute atomic E-state index is 0.0474. The van der Waals surface area contributed by atoms with Gasteiger partial charge in [0.25, 0.3) is 0 Å². The summed E-state index contributed by atoms with van der Waals surface area (Å²) in [5, 5.41) is 12.7. The van der Waals surface area contributed by atoms with Gasteiger partial charge in [-0.3, -0.25) is 0 Å². The van der Waals surface area contributed by atoms with Crippen LogP contribution in [-0.4, -0.2) is 20.9 Å². The van der Waals surface area contributed by atoms with Crippen molar-refractivity contribution in [2.24, 2.45) is 0 Å². The molecule has 4 nitrogen and oxygen atoms in total. The molecule has 1 aromatic carbocycles. The van der Waals surface area contributed by atoms with Gasteiger partial charge in [-0.25, -0.2) is 13.9 Å². The summed E-state index contributed by atoms with van der Waals surface area (Å²) in [5.41, 5.74) is 0.738. The summed E-state index contributed by atoms with van der Waals surface area (Å²) in [5.74, 6) is -1.45. The van der Waals surface area contributed by atoms with Crippen LogP contribution < -0.4 is 0 Å². The summed E-state index contributed by atoms with van der Waals surface area (Å²) >= 11 is 5.85. The molecule has 2 rings (SSSR count). The van der Waals surface area contributed by atoms with Gasteiger partial charge in [-0.1, -0.05) is 23.7 Å². The van der Waals surface area contributed by atoms with Crippen LogP contribution in [-0.2, 0) is 6.54 Å². The Labute approximate surface area is 101 Å². The first-order chi connectivity index (χ1) is 8.08. The molecule has 0 spiro atoms. The number of hydrogen-bond acceptors (Lipinski definition) is 2. The summed E-state index contributed by atoms with van der Waals surface area (Å²) in [6.07, 6.45) is 1.19. The topological polar surface area (TPSA) is 55.1 Å². The molecule has 0 aliphatic carbocycles. The maximum absolute atomic E-state index is 12.7. The highest BCUT2D eigenvalue weighted by Gasteiger charge is 2.14. The summed E-state index contributed by atoms with van der Waals surface area (Å²) in [6, 6.07) is 5.83. The lowest BCUT2D eigenvalue weighted by Gasteiger charge is -2.03. The van der Waals surface area contributed by atoms with Crippen molar-refractivity contribution in [3.05, 3.63) is 52.6 Å². The number of carboxylic acids is 1. The molecule has 0 aliphatic rings. The van der Waals surface area contributed by atoms with Gasteiger partial charge in [0.1, 0.15) is 16.5 Å². The number of carboxylic acid groups (broad SMARTS) is 1. The fourth-order valence-corrected chi connectivity index (χ4v) is 1.62. The van der Waals surface area contributed by atoms with E-state index < -0.39 is 5.97 Å². The molecule has 0 saturated carbocycles. The number of aromatic carboxylic acids is 1. The molecule has 0 radical (unpaired) electrons. The van der Waals surface area contributed by atoms with Crippen LogP contribution in [0.5, 0.6) is 0 Å². The lowest BCUT2D eigenvalue weighted by atomic mass is 10.2. The van der Waals surface area contributed by atoms with Crippen LogP contribution in [0.2, 0.25) is 5.15 Å². The first kappa shape index (κ1) is 11.6. The van der Waals surface area contributed by atoms with E-state index in [1.54, 1.807) is 12.1 Å². The number of nitrogens with zero attached hydrogens (tertiary/aromatic N) is 2. The smallest absolute Gasteiger partial charge is 0.340 e. The molecule has 0 unspecified atom stereocenters. The van der Waals surface area contributed by atoms with Gasteiger partial charge < -0.3 is 5.11 Å². The molecule has 6 heteroatoms. The third kappa shape index (κ3) is 2.45. The number of halogens is 2. The molecule has 17 heavy (non-hydrogen) atoms. The van der Waals surface area contributed by atoms with E-state index >= 15 is 0 Å². The van der Waals surface area contributed by atoms with Crippen LogP contribution in [0.3, 0.4) is 0 Å². The highest BCUT2D eigenvalue weighted by atomic mass is 35.5. The molecule has 88 valence electrons. The molecule has 1 heterocycles. The minimum atomic E-state index is -1.12. The second-order valence-electron chi connectivity index (χ2n) is 3.44. The SMILES string of the molecule is O=C(O)c1cnn(Cc2ccc(F)cc2)c1Cl. The van der Waals surface area contributed by atoms with Crippen LogP contribution in [0, 0.1) is 5.82 Å². The predicted octanol–water partition coefficient (Wildman–Crippen LogP) is 2.42. The third-order valence-corrected chi connectivity index (χ3v) is 2.65. The van der Waals surface area contributed by atoms with Crippen LogP contribution in [0.1, 0.15) is 15.9 Å². The monoisotopic (exact) mass is 254 g/mol. The van der Waals surface area contributed by atoms with E-state index in [1.807, 2.05) is 0 Å². The third-order valence-electron chi connectivity index (χ3n) is 2.25. The number of benzene rings is 1. The molecular weight excluding hydrogens is 247 g/mol. The van der Waals surface area contributed by atoms with Crippen LogP contribution in [0.15, 0.2) is 30.5 Å². The van der Waals surface area contributed by atoms with Crippen molar-refractivity contribution in [2.45, 2.75) is 6.54 Å². The molecule has 0 fully saturated rings.